The Morgan fingerprint density at radius 3 is 2.84 bits per heavy atom. The number of hydrogen-bond donors (Lipinski definition) is 0. The SMILES string of the molecule is C=C/C=C(/CN(C(=O)OC(C)(C)C)c1ccnc2c(Br)cnn12)SC. The Morgan fingerprint density at radius 1 is 1.52 bits per heavy atom. The van der Waals surface area contributed by atoms with Gasteiger partial charge in [0, 0.05) is 11.1 Å². The Kier molecular flexibility index (Phi) is 6.29. The maximum atomic E-state index is 12.8. The van der Waals surface area contributed by atoms with Crippen LogP contribution >= 0.6 is 27.7 Å². The van der Waals surface area contributed by atoms with Gasteiger partial charge < -0.3 is 4.74 Å². The zero-order valence-electron chi connectivity index (χ0n) is 14.7. The van der Waals surface area contributed by atoms with Crippen LogP contribution in [0, 0.1) is 0 Å². The lowest BCUT2D eigenvalue weighted by atomic mass is 10.2. The van der Waals surface area contributed by atoms with Gasteiger partial charge in [-0.2, -0.15) is 9.61 Å². The second-order valence-electron chi connectivity index (χ2n) is 6.17. The van der Waals surface area contributed by atoms with Crippen LogP contribution in [0.25, 0.3) is 5.65 Å². The standard InChI is InChI=1S/C17H21BrN4O2S/c1-6-7-12(25-5)11-21(16(23)24-17(2,3)4)14-8-9-19-15-13(18)10-20-22(14)15/h6-10H,1,11H2,2-5H3/b12-7-. The molecule has 2 aromatic rings. The number of amides is 1. The molecule has 0 atom stereocenters. The quantitative estimate of drug-likeness (QED) is 0.652. The number of hydrogen-bond acceptors (Lipinski definition) is 5. The number of aromatic nitrogens is 3. The highest BCUT2D eigenvalue weighted by Gasteiger charge is 2.26. The summed E-state index contributed by atoms with van der Waals surface area (Å²) in [5, 5.41) is 4.31. The van der Waals surface area contributed by atoms with Crippen LogP contribution in [0.4, 0.5) is 10.6 Å². The average Bonchev–Trinajstić information content (AvgIpc) is 2.91. The molecule has 0 fully saturated rings. The van der Waals surface area contributed by atoms with Gasteiger partial charge in [0.25, 0.3) is 0 Å². The summed E-state index contributed by atoms with van der Waals surface area (Å²) in [5.41, 5.74) is 0.0258. The highest BCUT2D eigenvalue weighted by molar-refractivity contribution is 9.10. The van der Waals surface area contributed by atoms with Gasteiger partial charge in [0.05, 0.1) is 17.2 Å². The van der Waals surface area contributed by atoms with E-state index in [1.165, 1.54) is 0 Å². The van der Waals surface area contributed by atoms with Gasteiger partial charge in [0.2, 0.25) is 0 Å². The Morgan fingerprint density at radius 2 is 2.24 bits per heavy atom. The fourth-order valence-corrected chi connectivity index (χ4v) is 2.94. The van der Waals surface area contributed by atoms with Gasteiger partial charge in [-0.05, 0) is 49.0 Å². The van der Waals surface area contributed by atoms with Crippen LogP contribution < -0.4 is 4.90 Å². The fourth-order valence-electron chi connectivity index (χ4n) is 2.08. The molecule has 25 heavy (non-hydrogen) atoms. The van der Waals surface area contributed by atoms with Gasteiger partial charge >= 0.3 is 6.09 Å². The van der Waals surface area contributed by atoms with E-state index in [0.29, 0.717) is 18.0 Å². The molecule has 0 bridgehead atoms. The molecule has 0 aromatic carbocycles. The van der Waals surface area contributed by atoms with E-state index in [1.807, 2.05) is 33.1 Å². The monoisotopic (exact) mass is 424 g/mol. The molecule has 0 saturated carbocycles. The topological polar surface area (TPSA) is 59.7 Å². The molecule has 134 valence electrons. The number of allylic oxidation sites excluding steroid dienone is 2. The van der Waals surface area contributed by atoms with Crippen LogP contribution in [0.15, 0.2) is 46.6 Å². The van der Waals surface area contributed by atoms with E-state index in [9.17, 15) is 4.79 Å². The van der Waals surface area contributed by atoms with Crippen molar-refractivity contribution in [2.75, 3.05) is 17.7 Å². The molecular formula is C17H21BrN4O2S. The van der Waals surface area contributed by atoms with Gasteiger partial charge in [-0.25, -0.2) is 9.78 Å². The second-order valence-corrected chi connectivity index (χ2v) is 7.96. The Balaban J connectivity index is 2.51. The average molecular weight is 425 g/mol. The molecule has 0 aliphatic carbocycles. The summed E-state index contributed by atoms with van der Waals surface area (Å²) in [6.07, 6.45) is 8.37. The summed E-state index contributed by atoms with van der Waals surface area (Å²) >= 11 is 4.97. The number of nitrogens with zero attached hydrogens (tertiary/aromatic N) is 4. The fraction of sp³-hybridized carbons (Fsp3) is 0.353. The minimum atomic E-state index is -0.603. The molecule has 0 unspecified atom stereocenters. The molecule has 0 aliphatic rings. The van der Waals surface area contributed by atoms with Crippen molar-refractivity contribution in [3.05, 3.63) is 46.6 Å². The largest absolute Gasteiger partial charge is 0.443 e. The summed E-state index contributed by atoms with van der Waals surface area (Å²) in [6, 6.07) is 1.74. The molecule has 2 aromatic heterocycles. The Labute approximate surface area is 160 Å². The highest BCUT2D eigenvalue weighted by Crippen LogP contribution is 2.25. The molecule has 0 radical (unpaired) electrons. The van der Waals surface area contributed by atoms with Crippen molar-refractivity contribution in [3.8, 4) is 0 Å². The molecule has 2 rings (SSSR count). The molecule has 0 spiro atoms. The van der Waals surface area contributed by atoms with Crippen LogP contribution in [0.1, 0.15) is 20.8 Å². The lowest BCUT2D eigenvalue weighted by molar-refractivity contribution is 0.0582. The third-order valence-corrected chi connectivity index (χ3v) is 4.46. The third-order valence-electron chi connectivity index (χ3n) is 3.11. The highest BCUT2D eigenvalue weighted by atomic mass is 79.9. The summed E-state index contributed by atoms with van der Waals surface area (Å²) in [7, 11) is 0. The number of rotatable bonds is 5. The molecule has 2 heterocycles. The van der Waals surface area contributed by atoms with Crippen molar-refractivity contribution in [2.24, 2.45) is 0 Å². The summed E-state index contributed by atoms with van der Waals surface area (Å²) in [5.74, 6) is 0.578. The number of carbonyl (C=O) groups is 1. The van der Waals surface area contributed by atoms with Gasteiger partial charge in [-0.15, -0.1) is 11.8 Å². The van der Waals surface area contributed by atoms with Crippen LogP contribution in [-0.2, 0) is 4.74 Å². The molecule has 1 amide bonds. The van der Waals surface area contributed by atoms with Crippen molar-refractivity contribution in [2.45, 2.75) is 26.4 Å². The van der Waals surface area contributed by atoms with E-state index in [1.54, 1.807) is 45.7 Å². The van der Waals surface area contributed by atoms with E-state index in [4.69, 9.17) is 4.74 Å². The van der Waals surface area contributed by atoms with Gasteiger partial charge in [0.1, 0.15) is 11.4 Å². The number of anilines is 1. The van der Waals surface area contributed by atoms with Crippen molar-refractivity contribution in [3.63, 3.8) is 0 Å². The number of halogens is 1. The Hall–Kier alpha value is -1.80. The molecule has 0 saturated heterocycles. The van der Waals surface area contributed by atoms with E-state index in [0.717, 1.165) is 9.38 Å². The van der Waals surface area contributed by atoms with Gasteiger partial charge in [-0.1, -0.05) is 18.7 Å². The Bertz CT molecular complexity index is 811. The maximum absolute atomic E-state index is 12.8. The first-order valence-corrected chi connectivity index (χ1v) is 9.63. The summed E-state index contributed by atoms with van der Waals surface area (Å²) < 4.78 is 7.95. The van der Waals surface area contributed by atoms with E-state index >= 15 is 0 Å². The van der Waals surface area contributed by atoms with Crippen LogP contribution in [0.3, 0.4) is 0 Å². The number of fused-ring (bicyclic) bond motifs is 1. The minimum Gasteiger partial charge on any atom is -0.443 e. The third kappa shape index (κ3) is 4.85. The first-order chi connectivity index (χ1) is 11.8. The zero-order chi connectivity index (χ0) is 18.6. The molecule has 6 nitrogen and oxygen atoms in total. The minimum absolute atomic E-state index is 0.346. The number of thioether (sulfide) groups is 1. The van der Waals surface area contributed by atoms with Crippen molar-refractivity contribution in [1.29, 1.82) is 0 Å². The predicted octanol–water partition coefficient (Wildman–Crippen LogP) is 4.67. The molecule has 8 heteroatoms. The van der Waals surface area contributed by atoms with Gasteiger partial charge in [-0.3, -0.25) is 4.90 Å². The first kappa shape index (κ1) is 19.5. The predicted molar refractivity (Wildman–Crippen MR) is 106 cm³/mol. The lowest BCUT2D eigenvalue weighted by Crippen LogP contribution is -2.39. The lowest BCUT2D eigenvalue weighted by Gasteiger charge is -2.28. The summed E-state index contributed by atoms with van der Waals surface area (Å²) in [6.45, 7) is 9.59. The molecule has 0 aliphatic heterocycles. The zero-order valence-corrected chi connectivity index (χ0v) is 17.1. The first-order valence-electron chi connectivity index (χ1n) is 7.61. The van der Waals surface area contributed by atoms with Gasteiger partial charge in [0.15, 0.2) is 5.65 Å². The van der Waals surface area contributed by atoms with Crippen molar-refractivity contribution >= 4 is 45.3 Å². The normalized spacial score (nSPS) is 12.3. The van der Waals surface area contributed by atoms with E-state index in [-0.39, 0.29) is 0 Å². The smallest absolute Gasteiger partial charge is 0.416 e. The summed E-state index contributed by atoms with van der Waals surface area (Å²) in [4.78, 5) is 19.6. The van der Waals surface area contributed by atoms with Crippen molar-refractivity contribution in [1.82, 2.24) is 14.6 Å². The van der Waals surface area contributed by atoms with Crippen LogP contribution in [-0.4, -0.2) is 39.1 Å². The molecule has 0 N–H and O–H groups in total. The van der Waals surface area contributed by atoms with Crippen molar-refractivity contribution < 1.29 is 9.53 Å². The van der Waals surface area contributed by atoms with Crippen LogP contribution in [0.5, 0.6) is 0 Å². The number of ether oxygens (including phenoxy) is 1. The maximum Gasteiger partial charge on any atom is 0.416 e. The van der Waals surface area contributed by atoms with E-state index < -0.39 is 11.7 Å². The molecular weight excluding hydrogens is 404 g/mol. The van der Waals surface area contributed by atoms with Crippen LogP contribution in [0.2, 0.25) is 0 Å². The second kappa shape index (κ2) is 8.05. The number of carbonyl (C=O) groups excluding carboxylic acids is 1. The van der Waals surface area contributed by atoms with E-state index in [2.05, 4.69) is 32.6 Å².